The maximum atomic E-state index is 5.13. The van der Waals surface area contributed by atoms with Crippen LogP contribution in [-0.2, 0) is 0 Å². The molecule has 4 heteroatoms. The first-order chi connectivity index (χ1) is 30.2. The fourth-order valence-corrected chi connectivity index (χ4v) is 15.0. The molecule has 0 radical (unpaired) electrons. The van der Waals surface area contributed by atoms with Crippen molar-refractivity contribution in [2.45, 2.75) is 0 Å². The Kier molecular flexibility index (Phi) is 9.42. The van der Waals surface area contributed by atoms with E-state index >= 15 is 0 Å². The molecule has 0 bridgehead atoms. The molecule has 0 aliphatic rings. The van der Waals surface area contributed by atoms with Crippen molar-refractivity contribution in [3.05, 3.63) is 243 Å². The predicted molar refractivity (Wildman–Crippen MR) is 264 cm³/mol. The second-order valence-corrected chi connectivity index (χ2v) is 20.3. The third-order valence-corrected chi connectivity index (χ3v) is 18.0. The highest BCUT2D eigenvalue weighted by Gasteiger charge is 2.41. The Morgan fingerprint density at radius 1 is 0.361 bits per heavy atom. The highest BCUT2D eigenvalue weighted by atomic mass is 32.1. The average Bonchev–Trinajstić information content (AvgIpc) is 3.79. The summed E-state index contributed by atoms with van der Waals surface area (Å²) in [6.07, 6.45) is 0. The first-order valence-corrected chi connectivity index (χ1v) is 23.6. The lowest BCUT2D eigenvalue weighted by atomic mass is 10.00. The van der Waals surface area contributed by atoms with Crippen molar-refractivity contribution in [3.63, 3.8) is 0 Å². The molecule has 0 N–H and O–H groups in total. The zero-order valence-electron chi connectivity index (χ0n) is 33.4. The van der Waals surface area contributed by atoms with E-state index in [9.17, 15) is 0 Å². The van der Waals surface area contributed by atoms with E-state index in [4.69, 9.17) is 4.98 Å². The lowest BCUT2D eigenvalue weighted by Gasteiger charge is -2.35. The van der Waals surface area contributed by atoms with E-state index in [-0.39, 0.29) is 0 Å². The average molecular weight is 813 g/mol. The van der Waals surface area contributed by atoms with E-state index < -0.39 is 8.07 Å². The number of nitrogens with zero attached hydrogens (tertiary/aromatic N) is 2. The number of benzene rings is 10. The van der Waals surface area contributed by atoms with Crippen molar-refractivity contribution in [1.29, 1.82) is 0 Å². The van der Waals surface area contributed by atoms with Crippen LogP contribution in [0.3, 0.4) is 0 Å². The summed E-state index contributed by atoms with van der Waals surface area (Å²) in [6.45, 7) is 0. The molecule has 0 amide bonds. The molecule has 288 valence electrons. The lowest BCUT2D eigenvalue weighted by molar-refractivity contribution is 1.29. The van der Waals surface area contributed by atoms with Crippen molar-refractivity contribution in [2.75, 3.05) is 4.90 Å². The Bertz CT molecular complexity index is 3170. The van der Waals surface area contributed by atoms with Gasteiger partial charge in [-0.2, -0.15) is 0 Å². The number of hydrogen-bond acceptors (Lipinski definition) is 3. The molecule has 0 saturated heterocycles. The Morgan fingerprint density at radius 2 is 0.787 bits per heavy atom. The van der Waals surface area contributed by atoms with Crippen molar-refractivity contribution >= 4 is 89.0 Å². The molecule has 1 aromatic heterocycles. The molecule has 0 spiro atoms. The van der Waals surface area contributed by atoms with Gasteiger partial charge in [0, 0.05) is 28.0 Å². The topological polar surface area (TPSA) is 16.1 Å². The molecule has 1 heterocycles. The number of aromatic nitrogens is 1. The Hall–Kier alpha value is -7.37. The van der Waals surface area contributed by atoms with Gasteiger partial charge in [0.1, 0.15) is 5.01 Å². The van der Waals surface area contributed by atoms with Crippen molar-refractivity contribution < 1.29 is 0 Å². The monoisotopic (exact) mass is 812 g/mol. The number of anilines is 3. The highest BCUT2D eigenvalue weighted by Crippen LogP contribution is 2.42. The summed E-state index contributed by atoms with van der Waals surface area (Å²) in [7, 11) is -2.70. The molecule has 0 saturated carbocycles. The molecule has 0 aliphatic carbocycles. The van der Waals surface area contributed by atoms with Crippen LogP contribution in [0.1, 0.15) is 0 Å². The van der Waals surface area contributed by atoms with Gasteiger partial charge in [0.2, 0.25) is 0 Å². The van der Waals surface area contributed by atoms with Crippen LogP contribution in [0.4, 0.5) is 17.1 Å². The molecular weight excluding hydrogens is 773 g/mol. The third kappa shape index (κ3) is 6.54. The molecule has 0 aliphatic heterocycles. The zero-order valence-corrected chi connectivity index (χ0v) is 35.2. The van der Waals surface area contributed by atoms with Crippen LogP contribution in [0.15, 0.2) is 243 Å². The van der Waals surface area contributed by atoms with E-state index in [1.165, 1.54) is 58.1 Å². The maximum absolute atomic E-state index is 5.13. The van der Waals surface area contributed by atoms with E-state index in [0.29, 0.717) is 0 Å². The lowest BCUT2D eigenvalue weighted by Crippen LogP contribution is -2.74. The molecule has 11 rings (SSSR count). The zero-order chi connectivity index (χ0) is 40.6. The quantitative estimate of drug-likeness (QED) is 0.0820. The van der Waals surface area contributed by atoms with Crippen LogP contribution >= 0.6 is 11.3 Å². The van der Waals surface area contributed by atoms with Crippen molar-refractivity contribution in [2.24, 2.45) is 0 Å². The van der Waals surface area contributed by atoms with Crippen molar-refractivity contribution in [3.8, 4) is 21.7 Å². The van der Waals surface area contributed by atoms with Gasteiger partial charge in [-0.3, -0.25) is 0 Å². The second kappa shape index (κ2) is 15.7. The number of thiazole rings is 1. The third-order valence-electron chi connectivity index (χ3n) is 12.0. The molecule has 0 atom stereocenters. The standard InChI is InChI=1S/C57H40N2SSi/c1-6-16-41(17-7-1)42-28-32-46(33-29-42)59(48-34-30-43-26-27-44-31-39-54-56(55(44)53(43)40-48)60-57(58-54)45-18-8-2-9-19-45)47-35-37-52(38-36-47)61(49-20-10-3-11-21-49,50-22-12-4-13-23-50)51-24-14-5-15-25-51/h1-40H. The summed E-state index contributed by atoms with van der Waals surface area (Å²) in [5, 5.41) is 11.3. The minimum absolute atomic E-state index is 1.03. The minimum atomic E-state index is -2.70. The van der Waals surface area contributed by atoms with Crippen molar-refractivity contribution in [1.82, 2.24) is 4.98 Å². The van der Waals surface area contributed by atoms with Gasteiger partial charge in [-0.25, -0.2) is 4.98 Å². The van der Waals surface area contributed by atoms with Crippen LogP contribution in [0, 0.1) is 0 Å². The minimum Gasteiger partial charge on any atom is -0.310 e. The van der Waals surface area contributed by atoms with E-state index in [1.807, 2.05) is 0 Å². The molecule has 0 unspecified atom stereocenters. The Labute approximate surface area is 361 Å². The van der Waals surface area contributed by atoms with Gasteiger partial charge in [-0.1, -0.05) is 200 Å². The van der Waals surface area contributed by atoms with Gasteiger partial charge < -0.3 is 4.90 Å². The predicted octanol–water partition coefficient (Wildman–Crippen LogP) is 12.8. The van der Waals surface area contributed by atoms with Gasteiger partial charge in [-0.15, -0.1) is 11.3 Å². The van der Waals surface area contributed by atoms with Crippen LogP contribution in [0.5, 0.6) is 0 Å². The van der Waals surface area contributed by atoms with Gasteiger partial charge in [0.15, 0.2) is 8.07 Å². The molecule has 10 aromatic carbocycles. The normalized spacial score (nSPS) is 11.6. The summed E-state index contributed by atoms with van der Waals surface area (Å²) >= 11 is 1.78. The van der Waals surface area contributed by atoms with Crippen LogP contribution in [0.2, 0.25) is 0 Å². The fraction of sp³-hybridized carbons (Fsp3) is 0. The smallest absolute Gasteiger partial charge is 0.179 e. The summed E-state index contributed by atoms with van der Waals surface area (Å²) in [6, 6.07) is 88.8. The maximum Gasteiger partial charge on any atom is 0.179 e. The van der Waals surface area contributed by atoms with Crippen LogP contribution in [-0.4, -0.2) is 13.1 Å². The molecule has 0 fully saturated rings. The van der Waals surface area contributed by atoms with E-state index in [2.05, 4.69) is 248 Å². The molecule has 11 aromatic rings. The summed E-state index contributed by atoms with van der Waals surface area (Å²) in [5.74, 6) is 0. The summed E-state index contributed by atoms with van der Waals surface area (Å²) in [4.78, 5) is 7.54. The van der Waals surface area contributed by atoms with Crippen LogP contribution < -0.4 is 25.6 Å². The fourth-order valence-electron chi connectivity index (χ4n) is 9.16. The molecular formula is C57H40N2SSi. The first-order valence-electron chi connectivity index (χ1n) is 20.8. The van der Waals surface area contributed by atoms with Gasteiger partial charge >= 0.3 is 0 Å². The van der Waals surface area contributed by atoms with E-state index in [1.54, 1.807) is 11.3 Å². The Balaban J connectivity index is 1.11. The number of fused-ring (bicyclic) bond motifs is 5. The molecule has 2 nitrogen and oxygen atoms in total. The number of hydrogen-bond donors (Lipinski definition) is 0. The van der Waals surface area contributed by atoms with Gasteiger partial charge in [-0.05, 0) is 90.5 Å². The highest BCUT2D eigenvalue weighted by molar-refractivity contribution is 7.22. The number of rotatable bonds is 9. The second-order valence-electron chi connectivity index (χ2n) is 15.5. The summed E-state index contributed by atoms with van der Waals surface area (Å²) < 4.78 is 1.21. The van der Waals surface area contributed by atoms with Gasteiger partial charge in [0.25, 0.3) is 0 Å². The largest absolute Gasteiger partial charge is 0.310 e. The Morgan fingerprint density at radius 3 is 1.36 bits per heavy atom. The summed E-state index contributed by atoms with van der Waals surface area (Å²) in [5.41, 5.74) is 7.86. The van der Waals surface area contributed by atoms with E-state index in [0.717, 1.165) is 33.1 Å². The first kappa shape index (κ1) is 36.7. The molecule has 61 heavy (non-hydrogen) atoms. The SMILES string of the molecule is c1ccc(-c2ccc(N(c3ccc([Si](c4ccccc4)(c4ccccc4)c4ccccc4)cc3)c3ccc4ccc5ccc6nc(-c7ccccc7)sc6c5c4c3)cc2)cc1. The van der Waals surface area contributed by atoms with Crippen LogP contribution in [0.25, 0.3) is 53.5 Å². The van der Waals surface area contributed by atoms with Gasteiger partial charge in [0.05, 0.1) is 10.2 Å².